The molecule has 4 aliphatic rings. The first-order valence-corrected chi connectivity index (χ1v) is 19.5. The zero-order valence-electron chi connectivity index (χ0n) is 32.2. The molecule has 0 aromatic heterocycles. The molecule has 2 aromatic rings. The van der Waals surface area contributed by atoms with Crippen molar-refractivity contribution < 1.29 is 47.1 Å². The molecule has 4 fully saturated rings. The van der Waals surface area contributed by atoms with Crippen LogP contribution < -0.4 is 21.3 Å². The third-order valence-electron chi connectivity index (χ3n) is 11.0. The lowest BCUT2D eigenvalue weighted by Crippen LogP contribution is -2.62. The van der Waals surface area contributed by atoms with Crippen molar-refractivity contribution >= 4 is 47.2 Å². The number of rotatable bonds is 6. The molecule has 7 amide bonds. The average Bonchev–Trinajstić information content (AvgIpc) is 3.82. The van der Waals surface area contributed by atoms with Crippen LogP contribution in [0.3, 0.4) is 0 Å². The Morgan fingerprint density at radius 1 is 0.842 bits per heavy atom. The summed E-state index contributed by atoms with van der Waals surface area (Å²) in [6.45, 7) is 5.16. The topological polar surface area (TPSA) is 187 Å². The lowest BCUT2D eigenvalue weighted by molar-refractivity contribution is -0.158. The van der Waals surface area contributed by atoms with E-state index in [2.05, 4.69) is 21.3 Å². The van der Waals surface area contributed by atoms with Gasteiger partial charge >= 0.3 is 12.0 Å². The van der Waals surface area contributed by atoms with Crippen molar-refractivity contribution in [3.05, 3.63) is 65.2 Å². The van der Waals surface area contributed by atoms with Crippen molar-refractivity contribution in [2.45, 2.75) is 102 Å². The van der Waals surface area contributed by atoms with E-state index < -0.39 is 102 Å². The number of hydrogen-bond acceptors (Lipinski definition) is 8. The maximum atomic E-state index is 14.5. The maximum absolute atomic E-state index is 14.5. The number of cyclic esters (lactones) is 1. The molecule has 57 heavy (non-hydrogen) atoms. The SMILES string of the molecule is Cc1ccc(NC(=O)N[C@@H](Cc2cc(F)cc(F)c2)C(=O)N[C@H]2COC(=O)[C@@H]3C[C@@H](C)CN3C(=O)[C@H](C)NC(=O)[C@@H]3CCCCN3C(=O)[C@@H]3CCCN3C2=O)cc1. The lowest BCUT2D eigenvalue weighted by atomic mass is 9.99. The molecule has 0 unspecified atom stereocenters. The molecule has 0 saturated carbocycles. The van der Waals surface area contributed by atoms with Gasteiger partial charge in [0.15, 0.2) is 0 Å². The Bertz CT molecular complexity index is 1880. The number of fused-ring (bicyclic) bond motifs is 3. The van der Waals surface area contributed by atoms with Gasteiger partial charge in [-0.3, -0.25) is 24.0 Å². The Hall–Kier alpha value is -5.61. The Kier molecular flexibility index (Phi) is 12.7. The number of nitrogens with zero attached hydrogens (tertiary/aromatic N) is 3. The summed E-state index contributed by atoms with van der Waals surface area (Å²) >= 11 is 0. The van der Waals surface area contributed by atoms with E-state index in [1.54, 1.807) is 24.3 Å². The number of piperidine rings is 1. The van der Waals surface area contributed by atoms with Crippen LogP contribution in [0.4, 0.5) is 19.3 Å². The molecule has 6 rings (SSSR count). The van der Waals surface area contributed by atoms with Crippen LogP contribution in [0.2, 0.25) is 0 Å². The van der Waals surface area contributed by atoms with Gasteiger partial charge in [0.2, 0.25) is 29.5 Å². The third kappa shape index (κ3) is 9.68. The first kappa shape index (κ1) is 41.0. The van der Waals surface area contributed by atoms with E-state index in [0.29, 0.717) is 37.4 Å². The third-order valence-corrected chi connectivity index (χ3v) is 11.0. The summed E-state index contributed by atoms with van der Waals surface area (Å²) in [5.74, 6) is -5.92. The zero-order chi connectivity index (χ0) is 41.0. The number of anilines is 1. The van der Waals surface area contributed by atoms with Gasteiger partial charge in [-0.05, 0) is 88.1 Å². The summed E-state index contributed by atoms with van der Waals surface area (Å²) in [5, 5.41) is 10.5. The Labute approximate surface area is 329 Å². The molecule has 4 aliphatic heterocycles. The summed E-state index contributed by atoms with van der Waals surface area (Å²) in [7, 11) is 0. The number of amides is 7. The Morgan fingerprint density at radius 3 is 2.23 bits per heavy atom. The van der Waals surface area contributed by atoms with Crippen molar-refractivity contribution in [1.29, 1.82) is 0 Å². The fourth-order valence-electron chi connectivity index (χ4n) is 8.12. The first-order chi connectivity index (χ1) is 27.2. The second-order valence-electron chi connectivity index (χ2n) is 15.5. The molecule has 7 atom stereocenters. The molecular weight excluding hydrogens is 744 g/mol. The molecule has 15 nitrogen and oxygen atoms in total. The number of aryl methyl sites for hydroxylation is 1. The van der Waals surface area contributed by atoms with Crippen molar-refractivity contribution in [3.8, 4) is 0 Å². The second-order valence-corrected chi connectivity index (χ2v) is 15.5. The number of urea groups is 1. The van der Waals surface area contributed by atoms with E-state index >= 15 is 0 Å². The Balaban J connectivity index is 1.31. The number of carbonyl (C=O) groups excluding carboxylic acids is 7. The van der Waals surface area contributed by atoms with E-state index in [-0.39, 0.29) is 44.0 Å². The van der Waals surface area contributed by atoms with Crippen molar-refractivity contribution in [1.82, 2.24) is 30.7 Å². The van der Waals surface area contributed by atoms with Crippen LogP contribution in [-0.4, -0.2) is 119 Å². The zero-order valence-corrected chi connectivity index (χ0v) is 32.2. The lowest BCUT2D eigenvalue weighted by Gasteiger charge is -2.39. The number of nitrogens with one attached hydrogen (secondary N) is 4. The molecule has 0 radical (unpaired) electrons. The number of carbonyl (C=O) groups is 7. The number of esters is 1. The van der Waals surface area contributed by atoms with Crippen LogP contribution >= 0.6 is 0 Å². The highest BCUT2D eigenvalue weighted by Gasteiger charge is 2.46. The number of benzene rings is 2. The Morgan fingerprint density at radius 2 is 1.51 bits per heavy atom. The summed E-state index contributed by atoms with van der Waals surface area (Å²) in [5.41, 5.74) is 1.36. The summed E-state index contributed by atoms with van der Waals surface area (Å²) in [6, 6.07) is 1.63. The molecule has 306 valence electrons. The number of halogens is 2. The van der Waals surface area contributed by atoms with Gasteiger partial charge in [0.05, 0.1) is 0 Å². The first-order valence-electron chi connectivity index (χ1n) is 19.5. The van der Waals surface area contributed by atoms with Gasteiger partial charge < -0.3 is 40.7 Å². The quantitative estimate of drug-likeness (QED) is 0.321. The van der Waals surface area contributed by atoms with Gasteiger partial charge in [-0.25, -0.2) is 18.4 Å². The number of ether oxygens (including phenoxy) is 1. The molecule has 4 saturated heterocycles. The largest absolute Gasteiger partial charge is 0.461 e. The molecule has 4 N–H and O–H groups in total. The van der Waals surface area contributed by atoms with Gasteiger partial charge in [0, 0.05) is 37.8 Å². The van der Waals surface area contributed by atoms with Gasteiger partial charge in [-0.2, -0.15) is 0 Å². The second kappa shape index (κ2) is 17.7. The van der Waals surface area contributed by atoms with Gasteiger partial charge in [-0.1, -0.05) is 24.6 Å². The monoisotopic (exact) mass is 793 g/mol. The highest BCUT2D eigenvalue weighted by Crippen LogP contribution is 2.28. The minimum absolute atomic E-state index is 0.0266. The van der Waals surface area contributed by atoms with Gasteiger partial charge in [0.25, 0.3) is 0 Å². The standard InChI is InChI=1S/C40H49F2N7O8/c1-22-9-11-28(12-10-22)44-40(56)46-29(18-25-16-26(41)19-27(42)17-25)34(50)45-30-21-57-39(55)33-15-23(2)20-49(33)36(52)24(3)43-35(51)31-7-4-5-13-47(31)38(54)32-8-6-14-48(32)37(30)53/h9-12,16-17,19,23-24,29-33H,4-8,13-15,18,20-21H2,1-3H3,(H,43,51)(H,45,50)(H2,44,46,56)/t23-,24+,29+,30+,31+,32+,33+/m1/s1. The van der Waals surface area contributed by atoms with E-state index in [4.69, 9.17) is 4.74 Å². The normalized spacial score (nSPS) is 26.5. The smallest absolute Gasteiger partial charge is 0.328 e. The van der Waals surface area contributed by atoms with E-state index in [0.717, 1.165) is 17.7 Å². The van der Waals surface area contributed by atoms with Crippen LogP contribution in [0.15, 0.2) is 42.5 Å². The van der Waals surface area contributed by atoms with Crippen LogP contribution in [0.1, 0.15) is 63.5 Å². The number of hydrogen-bond donors (Lipinski definition) is 4. The minimum Gasteiger partial charge on any atom is -0.461 e. The molecule has 17 heteroatoms. The van der Waals surface area contributed by atoms with Crippen LogP contribution in [-0.2, 0) is 39.9 Å². The van der Waals surface area contributed by atoms with Crippen molar-refractivity contribution in [2.75, 3.05) is 31.6 Å². The summed E-state index contributed by atoms with van der Waals surface area (Å²) < 4.78 is 34.2. The summed E-state index contributed by atoms with van der Waals surface area (Å²) in [6.07, 6.45) is 2.21. The van der Waals surface area contributed by atoms with Crippen LogP contribution in [0, 0.1) is 24.5 Å². The molecule has 4 heterocycles. The minimum atomic E-state index is -1.58. The maximum Gasteiger partial charge on any atom is 0.328 e. The average molecular weight is 794 g/mol. The van der Waals surface area contributed by atoms with E-state index in [1.165, 1.54) is 21.6 Å². The molecule has 0 spiro atoms. The van der Waals surface area contributed by atoms with Crippen molar-refractivity contribution in [3.63, 3.8) is 0 Å². The van der Waals surface area contributed by atoms with Gasteiger partial charge in [0.1, 0.15) is 54.5 Å². The van der Waals surface area contributed by atoms with Crippen molar-refractivity contribution in [2.24, 2.45) is 5.92 Å². The highest BCUT2D eigenvalue weighted by molar-refractivity contribution is 5.98. The molecular formula is C40H49F2N7O8. The van der Waals surface area contributed by atoms with E-state index in [9.17, 15) is 42.3 Å². The van der Waals surface area contributed by atoms with Crippen LogP contribution in [0.5, 0.6) is 0 Å². The molecule has 0 aliphatic carbocycles. The van der Waals surface area contributed by atoms with E-state index in [1.807, 2.05) is 13.8 Å². The molecule has 2 aromatic carbocycles. The predicted octanol–water partition coefficient (Wildman–Crippen LogP) is 2.16. The van der Waals surface area contributed by atoms with Gasteiger partial charge in [-0.15, -0.1) is 0 Å². The fraction of sp³-hybridized carbons (Fsp3) is 0.525. The molecule has 0 bridgehead atoms. The van der Waals surface area contributed by atoms with Crippen LogP contribution in [0.25, 0.3) is 0 Å². The summed E-state index contributed by atoms with van der Waals surface area (Å²) in [4.78, 5) is 101. The fourth-order valence-corrected chi connectivity index (χ4v) is 8.12. The predicted molar refractivity (Wildman–Crippen MR) is 201 cm³/mol. The highest BCUT2D eigenvalue weighted by atomic mass is 19.1.